The van der Waals surface area contributed by atoms with Gasteiger partial charge in [0, 0.05) is 16.2 Å². The zero-order valence-corrected chi connectivity index (χ0v) is 23.5. The number of hydrogen-bond acceptors (Lipinski definition) is 0. The quantitative estimate of drug-likeness (QED) is 0.208. The van der Waals surface area contributed by atoms with E-state index in [4.69, 9.17) is 0 Å². The van der Waals surface area contributed by atoms with Crippen molar-refractivity contribution in [2.24, 2.45) is 0 Å². The maximum atomic E-state index is 2.44. The summed E-state index contributed by atoms with van der Waals surface area (Å²) in [5.74, 6) is 0. The molecule has 0 spiro atoms. The van der Waals surface area contributed by atoms with Crippen molar-refractivity contribution in [1.82, 2.24) is 4.57 Å². The average molecular weight is 546 g/mol. The third kappa shape index (κ3) is 3.65. The van der Waals surface area contributed by atoms with Crippen molar-refractivity contribution in [3.8, 4) is 27.9 Å². The Morgan fingerprint density at radius 1 is 0.326 bits per heavy atom. The Labute approximate surface area is 249 Å². The maximum Gasteiger partial charge on any atom is 0.0547 e. The highest BCUT2D eigenvalue weighted by Gasteiger charge is 2.17. The molecule has 1 heterocycles. The van der Waals surface area contributed by atoms with Crippen molar-refractivity contribution >= 4 is 54.1 Å². The highest BCUT2D eigenvalue weighted by molar-refractivity contribution is 6.22. The van der Waals surface area contributed by atoms with E-state index in [1.54, 1.807) is 0 Å². The molecule has 43 heavy (non-hydrogen) atoms. The van der Waals surface area contributed by atoms with Gasteiger partial charge < -0.3 is 4.57 Å². The zero-order valence-electron chi connectivity index (χ0n) is 23.5. The van der Waals surface area contributed by atoms with E-state index in [2.05, 4.69) is 168 Å². The number of rotatable bonds is 3. The van der Waals surface area contributed by atoms with Crippen molar-refractivity contribution < 1.29 is 0 Å². The fourth-order valence-corrected chi connectivity index (χ4v) is 7.05. The first kappa shape index (κ1) is 24.0. The van der Waals surface area contributed by atoms with Crippen LogP contribution in [0.5, 0.6) is 0 Å². The third-order valence-corrected chi connectivity index (χ3v) is 8.98. The summed E-state index contributed by atoms with van der Waals surface area (Å²) in [6.07, 6.45) is 0. The minimum absolute atomic E-state index is 1.21. The summed E-state index contributed by atoms with van der Waals surface area (Å²) in [5.41, 5.74) is 8.68. The lowest BCUT2D eigenvalue weighted by atomic mass is 9.91. The van der Waals surface area contributed by atoms with Gasteiger partial charge in [-0.15, -0.1) is 0 Å². The highest BCUT2D eigenvalue weighted by Crippen LogP contribution is 2.41. The second-order valence-corrected chi connectivity index (χ2v) is 11.3. The SMILES string of the molecule is c1ccc(-c2ccc(-c3ccc4c(ccc5c4c4ccccc4n5-c4cccc5ccccc45)c3)c3ccccc23)cc1. The molecule has 0 fully saturated rings. The van der Waals surface area contributed by atoms with Gasteiger partial charge in [-0.3, -0.25) is 0 Å². The monoisotopic (exact) mass is 545 g/mol. The first-order valence-corrected chi connectivity index (χ1v) is 14.9. The zero-order chi connectivity index (χ0) is 28.3. The molecule has 9 rings (SSSR count). The Morgan fingerprint density at radius 2 is 0.977 bits per heavy atom. The van der Waals surface area contributed by atoms with Gasteiger partial charge in [-0.05, 0) is 73.5 Å². The third-order valence-electron chi connectivity index (χ3n) is 8.98. The average Bonchev–Trinajstić information content (AvgIpc) is 3.42. The summed E-state index contributed by atoms with van der Waals surface area (Å²) in [4.78, 5) is 0. The molecule has 0 unspecified atom stereocenters. The lowest BCUT2D eigenvalue weighted by Crippen LogP contribution is -1.95. The molecule has 200 valence electrons. The molecular weight excluding hydrogens is 518 g/mol. The molecule has 0 saturated heterocycles. The molecule has 0 atom stereocenters. The van der Waals surface area contributed by atoms with Crippen LogP contribution in [0.15, 0.2) is 164 Å². The Bertz CT molecular complexity index is 2490. The van der Waals surface area contributed by atoms with Crippen LogP contribution in [0, 0.1) is 0 Å². The maximum absolute atomic E-state index is 2.44. The van der Waals surface area contributed by atoms with Crippen molar-refractivity contribution in [1.29, 1.82) is 0 Å². The standard InChI is InChI=1S/C42H27N/c1-2-11-28(12-3-1)32-24-25-33(37-17-7-6-16-36(32)37)30-21-23-35-31(27-30)22-26-41-42(35)38-18-8-9-19-40(38)43(41)39-20-10-14-29-13-4-5-15-34(29)39/h1-27H. The lowest BCUT2D eigenvalue weighted by molar-refractivity contribution is 1.20. The second kappa shape index (κ2) is 9.44. The summed E-state index contributed by atoms with van der Waals surface area (Å²) >= 11 is 0. The van der Waals surface area contributed by atoms with Crippen LogP contribution >= 0.6 is 0 Å². The van der Waals surface area contributed by atoms with Crippen LogP contribution in [0.3, 0.4) is 0 Å². The molecule has 0 aliphatic heterocycles. The fourth-order valence-electron chi connectivity index (χ4n) is 7.05. The van der Waals surface area contributed by atoms with Gasteiger partial charge in [-0.2, -0.15) is 0 Å². The van der Waals surface area contributed by atoms with Crippen LogP contribution in [-0.2, 0) is 0 Å². The van der Waals surface area contributed by atoms with Crippen LogP contribution < -0.4 is 0 Å². The van der Waals surface area contributed by atoms with Gasteiger partial charge in [0.15, 0.2) is 0 Å². The molecule has 1 aromatic heterocycles. The van der Waals surface area contributed by atoms with Crippen molar-refractivity contribution in [3.05, 3.63) is 164 Å². The van der Waals surface area contributed by atoms with Crippen molar-refractivity contribution in [2.75, 3.05) is 0 Å². The second-order valence-electron chi connectivity index (χ2n) is 11.3. The smallest absolute Gasteiger partial charge is 0.0547 e. The van der Waals surface area contributed by atoms with E-state index in [0.29, 0.717) is 0 Å². The predicted octanol–water partition coefficient (Wildman–Crippen LogP) is 11.6. The van der Waals surface area contributed by atoms with Crippen LogP contribution in [0.4, 0.5) is 0 Å². The Balaban J connectivity index is 1.28. The van der Waals surface area contributed by atoms with E-state index in [9.17, 15) is 0 Å². The number of nitrogens with zero attached hydrogens (tertiary/aromatic N) is 1. The molecule has 9 aromatic rings. The minimum atomic E-state index is 1.21. The molecule has 1 heteroatoms. The van der Waals surface area contributed by atoms with Gasteiger partial charge in [0.2, 0.25) is 0 Å². The molecular formula is C42H27N. The van der Waals surface area contributed by atoms with Crippen LogP contribution in [0.25, 0.3) is 82.1 Å². The van der Waals surface area contributed by atoms with E-state index >= 15 is 0 Å². The van der Waals surface area contributed by atoms with Gasteiger partial charge in [-0.1, -0.05) is 140 Å². The van der Waals surface area contributed by atoms with Gasteiger partial charge in [-0.25, -0.2) is 0 Å². The van der Waals surface area contributed by atoms with E-state index in [0.717, 1.165) is 0 Å². The van der Waals surface area contributed by atoms with Gasteiger partial charge >= 0.3 is 0 Å². The molecule has 0 aliphatic carbocycles. The molecule has 0 aliphatic rings. The predicted molar refractivity (Wildman–Crippen MR) is 184 cm³/mol. The molecule has 0 saturated carbocycles. The number of hydrogen-bond donors (Lipinski definition) is 0. The Morgan fingerprint density at radius 3 is 1.79 bits per heavy atom. The van der Waals surface area contributed by atoms with E-state index in [-0.39, 0.29) is 0 Å². The summed E-state index contributed by atoms with van der Waals surface area (Å²) in [5, 5.41) is 10.2. The summed E-state index contributed by atoms with van der Waals surface area (Å²) in [6, 6.07) is 59.7. The van der Waals surface area contributed by atoms with Crippen LogP contribution in [-0.4, -0.2) is 4.57 Å². The number of para-hydroxylation sites is 1. The van der Waals surface area contributed by atoms with Gasteiger partial charge in [0.05, 0.1) is 16.7 Å². The normalized spacial score (nSPS) is 11.7. The molecule has 0 N–H and O–H groups in total. The summed E-state index contributed by atoms with van der Waals surface area (Å²) in [6.45, 7) is 0. The van der Waals surface area contributed by atoms with Crippen molar-refractivity contribution in [3.63, 3.8) is 0 Å². The van der Waals surface area contributed by atoms with Crippen molar-refractivity contribution in [2.45, 2.75) is 0 Å². The van der Waals surface area contributed by atoms with Gasteiger partial charge in [0.25, 0.3) is 0 Å². The number of fused-ring (bicyclic) bond motifs is 7. The molecule has 1 nitrogen and oxygen atoms in total. The largest absolute Gasteiger partial charge is 0.309 e. The Hall–Kier alpha value is -5.66. The van der Waals surface area contributed by atoms with Crippen LogP contribution in [0.1, 0.15) is 0 Å². The summed E-state index contributed by atoms with van der Waals surface area (Å²) < 4.78 is 2.44. The van der Waals surface area contributed by atoms with E-state index < -0.39 is 0 Å². The van der Waals surface area contributed by atoms with E-state index in [1.807, 2.05) is 0 Å². The lowest BCUT2D eigenvalue weighted by Gasteiger charge is -2.13. The minimum Gasteiger partial charge on any atom is -0.309 e. The number of benzene rings is 8. The van der Waals surface area contributed by atoms with Crippen LogP contribution in [0.2, 0.25) is 0 Å². The first-order chi connectivity index (χ1) is 21.3. The molecule has 0 radical (unpaired) electrons. The molecule has 0 amide bonds. The fraction of sp³-hybridized carbons (Fsp3) is 0. The number of aromatic nitrogens is 1. The molecule has 8 aromatic carbocycles. The Kier molecular flexibility index (Phi) is 5.27. The topological polar surface area (TPSA) is 4.93 Å². The van der Waals surface area contributed by atoms with Gasteiger partial charge in [0.1, 0.15) is 0 Å². The highest BCUT2D eigenvalue weighted by atomic mass is 15.0. The molecule has 0 bridgehead atoms. The van der Waals surface area contributed by atoms with E-state index in [1.165, 1.54) is 82.1 Å². The first-order valence-electron chi connectivity index (χ1n) is 14.9. The summed E-state index contributed by atoms with van der Waals surface area (Å²) in [7, 11) is 0.